The van der Waals surface area contributed by atoms with Gasteiger partial charge in [0.15, 0.2) is 0 Å². The van der Waals surface area contributed by atoms with Crippen molar-refractivity contribution in [2.75, 3.05) is 5.32 Å². The maximum absolute atomic E-state index is 11.8. The Balaban J connectivity index is 2.67. The Labute approximate surface area is 95.5 Å². The fraction of sp³-hybridized carbons (Fsp3) is 0.417. The van der Waals surface area contributed by atoms with Gasteiger partial charge in [-0.1, -0.05) is 13.3 Å². The van der Waals surface area contributed by atoms with Crippen molar-refractivity contribution in [3.63, 3.8) is 0 Å². The summed E-state index contributed by atoms with van der Waals surface area (Å²) in [4.78, 5) is 11.8. The summed E-state index contributed by atoms with van der Waals surface area (Å²) in [5.41, 5.74) is 5.67. The summed E-state index contributed by atoms with van der Waals surface area (Å²) in [5, 5.41) is 11.8. The van der Waals surface area contributed by atoms with Crippen LogP contribution in [0.15, 0.2) is 24.3 Å². The summed E-state index contributed by atoms with van der Waals surface area (Å²) in [6.07, 6.45) is 1.49. The quantitative estimate of drug-likeness (QED) is 0.680. The molecule has 1 aromatic rings. The number of rotatable bonds is 4. The Morgan fingerprint density at radius 2 is 2.00 bits per heavy atom. The van der Waals surface area contributed by atoms with Gasteiger partial charge in [0.05, 0.1) is 5.54 Å². The Hall–Kier alpha value is -1.55. The van der Waals surface area contributed by atoms with E-state index in [1.165, 1.54) is 12.1 Å². The van der Waals surface area contributed by atoms with Crippen molar-refractivity contribution in [2.24, 2.45) is 5.73 Å². The molecule has 0 aliphatic heterocycles. The van der Waals surface area contributed by atoms with Gasteiger partial charge in [-0.2, -0.15) is 0 Å². The molecule has 1 aromatic carbocycles. The molecule has 1 amide bonds. The Kier molecular flexibility index (Phi) is 3.90. The Bertz CT molecular complexity index is 358. The first-order chi connectivity index (χ1) is 7.45. The van der Waals surface area contributed by atoms with Gasteiger partial charge in [-0.3, -0.25) is 4.79 Å². The molecule has 0 radical (unpaired) electrons. The smallest absolute Gasteiger partial charge is 0.244 e. The zero-order chi connectivity index (χ0) is 12.2. The van der Waals surface area contributed by atoms with Crippen LogP contribution in [-0.2, 0) is 4.79 Å². The van der Waals surface area contributed by atoms with Gasteiger partial charge in [0.25, 0.3) is 0 Å². The Morgan fingerprint density at radius 3 is 2.50 bits per heavy atom. The molecule has 0 bridgehead atoms. The maximum Gasteiger partial charge on any atom is 0.244 e. The van der Waals surface area contributed by atoms with Crippen LogP contribution in [0.2, 0.25) is 0 Å². The van der Waals surface area contributed by atoms with E-state index < -0.39 is 5.54 Å². The van der Waals surface area contributed by atoms with E-state index in [-0.39, 0.29) is 11.7 Å². The number of amides is 1. The predicted molar refractivity (Wildman–Crippen MR) is 64.2 cm³/mol. The summed E-state index contributed by atoms with van der Waals surface area (Å²) in [6.45, 7) is 3.70. The van der Waals surface area contributed by atoms with Crippen LogP contribution in [0.5, 0.6) is 5.75 Å². The first-order valence-electron chi connectivity index (χ1n) is 5.35. The predicted octanol–water partition coefficient (Wildman–Crippen LogP) is 1.85. The van der Waals surface area contributed by atoms with E-state index in [1.54, 1.807) is 19.1 Å². The van der Waals surface area contributed by atoms with Gasteiger partial charge in [-0.15, -0.1) is 0 Å². The molecule has 0 spiro atoms. The zero-order valence-electron chi connectivity index (χ0n) is 9.66. The summed E-state index contributed by atoms with van der Waals surface area (Å²) >= 11 is 0. The first-order valence-corrected chi connectivity index (χ1v) is 5.35. The standard InChI is InChI=1S/C12H18N2O2/c1-3-8-12(2,13)11(16)14-9-4-6-10(15)7-5-9/h4-7,15H,3,8,13H2,1-2H3,(H,14,16). The molecule has 4 heteroatoms. The number of carbonyl (C=O) groups excluding carboxylic acids is 1. The number of hydrogen-bond acceptors (Lipinski definition) is 3. The molecular weight excluding hydrogens is 204 g/mol. The van der Waals surface area contributed by atoms with Gasteiger partial charge in [0.1, 0.15) is 5.75 Å². The lowest BCUT2D eigenvalue weighted by Crippen LogP contribution is -2.48. The molecule has 1 rings (SSSR count). The topological polar surface area (TPSA) is 75.4 Å². The van der Waals surface area contributed by atoms with Crippen molar-refractivity contribution in [1.82, 2.24) is 0 Å². The van der Waals surface area contributed by atoms with Gasteiger partial charge >= 0.3 is 0 Å². The van der Waals surface area contributed by atoms with Crippen LogP contribution in [0, 0.1) is 0 Å². The van der Waals surface area contributed by atoms with E-state index in [0.717, 1.165) is 6.42 Å². The zero-order valence-corrected chi connectivity index (χ0v) is 9.66. The minimum absolute atomic E-state index is 0.169. The van der Waals surface area contributed by atoms with Crippen molar-refractivity contribution in [3.05, 3.63) is 24.3 Å². The van der Waals surface area contributed by atoms with Crippen molar-refractivity contribution in [2.45, 2.75) is 32.2 Å². The molecule has 0 saturated carbocycles. The second kappa shape index (κ2) is 4.99. The highest BCUT2D eigenvalue weighted by Crippen LogP contribution is 2.16. The number of aromatic hydroxyl groups is 1. The van der Waals surface area contributed by atoms with E-state index in [2.05, 4.69) is 5.32 Å². The molecular formula is C12H18N2O2. The van der Waals surface area contributed by atoms with Gasteiger partial charge in [-0.05, 0) is 37.6 Å². The Morgan fingerprint density at radius 1 is 1.44 bits per heavy atom. The van der Waals surface area contributed by atoms with Gasteiger partial charge in [0, 0.05) is 5.69 Å². The number of carbonyl (C=O) groups is 1. The third kappa shape index (κ3) is 3.24. The van der Waals surface area contributed by atoms with E-state index in [4.69, 9.17) is 10.8 Å². The largest absolute Gasteiger partial charge is 0.508 e. The number of nitrogens with one attached hydrogen (secondary N) is 1. The molecule has 0 aliphatic rings. The van der Waals surface area contributed by atoms with Crippen LogP contribution in [0.1, 0.15) is 26.7 Å². The van der Waals surface area contributed by atoms with Crippen LogP contribution in [-0.4, -0.2) is 16.6 Å². The average Bonchev–Trinajstić information content (AvgIpc) is 2.21. The van der Waals surface area contributed by atoms with Crippen LogP contribution < -0.4 is 11.1 Å². The molecule has 4 N–H and O–H groups in total. The van der Waals surface area contributed by atoms with Crippen LogP contribution in [0.3, 0.4) is 0 Å². The minimum atomic E-state index is -0.855. The highest BCUT2D eigenvalue weighted by molar-refractivity contribution is 5.97. The van der Waals surface area contributed by atoms with Gasteiger partial charge in [-0.25, -0.2) is 0 Å². The average molecular weight is 222 g/mol. The molecule has 4 nitrogen and oxygen atoms in total. The first kappa shape index (κ1) is 12.5. The normalized spacial score (nSPS) is 14.2. The molecule has 0 heterocycles. The monoisotopic (exact) mass is 222 g/mol. The number of benzene rings is 1. The molecule has 0 fully saturated rings. The molecule has 0 saturated heterocycles. The molecule has 88 valence electrons. The highest BCUT2D eigenvalue weighted by atomic mass is 16.3. The number of nitrogens with two attached hydrogens (primary N) is 1. The fourth-order valence-corrected chi connectivity index (χ4v) is 1.45. The summed E-state index contributed by atoms with van der Waals surface area (Å²) in [7, 11) is 0. The van der Waals surface area contributed by atoms with E-state index in [0.29, 0.717) is 12.1 Å². The highest BCUT2D eigenvalue weighted by Gasteiger charge is 2.26. The summed E-state index contributed by atoms with van der Waals surface area (Å²) in [6, 6.07) is 6.30. The maximum atomic E-state index is 11.8. The lowest BCUT2D eigenvalue weighted by Gasteiger charge is -2.22. The number of phenols is 1. The molecule has 1 unspecified atom stereocenters. The van der Waals surface area contributed by atoms with Crippen molar-refractivity contribution < 1.29 is 9.90 Å². The molecule has 16 heavy (non-hydrogen) atoms. The van der Waals surface area contributed by atoms with E-state index in [9.17, 15) is 4.79 Å². The number of hydrogen-bond donors (Lipinski definition) is 3. The third-order valence-electron chi connectivity index (χ3n) is 2.41. The third-order valence-corrected chi connectivity index (χ3v) is 2.41. The van der Waals surface area contributed by atoms with Crippen LogP contribution in [0.4, 0.5) is 5.69 Å². The van der Waals surface area contributed by atoms with Gasteiger partial charge in [0.2, 0.25) is 5.91 Å². The minimum Gasteiger partial charge on any atom is -0.508 e. The summed E-state index contributed by atoms with van der Waals surface area (Å²) in [5.74, 6) is -0.0397. The number of phenolic OH excluding ortho intramolecular Hbond substituents is 1. The molecule has 0 aliphatic carbocycles. The summed E-state index contributed by atoms with van der Waals surface area (Å²) < 4.78 is 0. The fourth-order valence-electron chi connectivity index (χ4n) is 1.45. The van der Waals surface area contributed by atoms with Crippen LogP contribution in [0.25, 0.3) is 0 Å². The molecule has 0 aromatic heterocycles. The van der Waals surface area contributed by atoms with E-state index >= 15 is 0 Å². The second-order valence-corrected chi connectivity index (χ2v) is 4.17. The van der Waals surface area contributed by atoms with Crippen molar-refractivity contribution in [3.8, 4) is 5.75 Å². The molecule has 1 atom stereocenters. The second-order valence-electron chi connectivity index (χ2n) is 4.17. The van der Waals surface area contributed by atoms with Crippen LogP contribution >= 0.6 is 0 Å². The van der Waals surface area contributed by atoms with Crippen molar-refractivity contribution >= 4 is 11.6 Å². The SMILES string of the molecule is CCCC(C)(N)C(=O)Nc1ccc(O)cc1. The lowest BCUT2D eigenvalue weighted by molar-refractivity contribution is -0.120. The lowest BCUT2D eigenvalue weighted by atomic mass is 9.96. The van der Waals surface area contributed by atoms with Gasteiger partial charge < -0.3 is 16.2 Å². The van der Waals surface area contributed by atoms with Crippen molar-refractivity contribution in [1.29, 1.82) is 0 Å². The van der Waals surface area contributed by atoms with E-state index in [1.807, 2.05) is 6.92 Å². The number of anilines is 1.